The van der Waals surface area contributed by atoms with E-state index in [0.29, 0.717) is 5.75 Å². The molecule has 4 fully saturated rings. The first-order valence-corrected chi connectivity index (χ1v) is 10.2. The molecular weight excluding hydrogens is 270 g/mol. The van der Waals surface area contributed by atoms with Crippen LogP contribution in [0.25, 0.3) is 0 Å². The van der Waals surface area contributed by atoms with Gasteiger partial charge in [0, 0.05) is 11.8 Å². The van der Waals surface area contributed by atoms with Crippen LogP contribution in [0.15, 0.2) is 0 Å². The van der Waals surface area contributed by atoms with Gasteiger partial charge in [-0.1, -0.05) is 13.8 Å². The van der Waals surface area contributed by atoms with E-state index in [-0.39, 0.29) is 17.2 Å². The minimum atomic E-state index is -2.90. The van der Waals surface area contributed by atoms with Gasteiger partial charge in [-0.25, -0.2) is 8.42 Å². The normalized spacial score (nSPS) is 41.0. The number of rotatable bonds is 6. The summed E-state index contributed by atoms with van der Waals surface area (Å²) in [6.07, 6.45) is 8.07. The number of nitrogens with one attached hydrogen (secondary N) is 1. The van der Waals surface area contributed by atoms with Gasteiger partial charge in [-0.15, -0.1) is 0 Å². The van der Waals surface area contributed by atoms with Crippen molar-refractivity contribution in [2.75, 3.05) is 18.1 Å². The molecule has 4 aliphatic carbocycles. The van der Waals surface area contributed by atoms with Crippen LogP contribution in [0.3, 0.4) is 0 Å². The maximum Gasteiger partial charge on any atom is 0.151 e. The topological polar surface area (TPSA) is 46.2 Å². The highest BCUT2D eigenvalue weighted by molar-refractivity contribution is 7.91. The molecule has 1 atom stereocenters. The molecule has 0 aromatic rings. The largest absolute Gasteiger partial charge is 0.313 e. The van der Waals surface area contributed by atoms with E-state index in [2.05, 4.69) is 12.2 Å². The standard InChI is InChI=1S/C16H29NO2S/c1-3-17-15(11-20(18,19)4-2)16-8-12-5-13(9-16)7-14(6-12)10-16/h12-15,17H,3-11H2,1-2H3. The van der Waals surface area contributed by atoms with Gasteiger partial charge >= 0.3 is 0 Å². The van der Waals surface area contributed by atoms with E-state index >= 15 is 0 Å². The second-order valence-corrected chi connectivity index (χ2v) is 9.99. The average molecular weight is 299 g/mol. The van der Waals surface area contributed by atoms with Gasteiger partial charge in [0.1, 0.15) is 0 Å². The van der Waals surface area contributed by atoms with Crippen molar-refractivity contribution in [1.82, 2.24) is 5.32 Å². The second kappa shape index (κ2) is 5.28. The van der Waals surface area contributed by atoms with Crippen LogP contribution >= 0.6 is 0 Å². The summed E-state index contributed by atoms with van der Waals surface area (Å²) in [5, 5.41) is 3.55. The second-order valence-electron chi connectivity index (χ2n) is 7.59. The van der Waals surface area contributed by atoms with Crippen molar-refractivity contribution in [2.45, 2.75) is 58.4 Å². The third-order valence-corrected chi connectivity index (χ3v) is 7.86. The molecule has 0 spiro atoms. The maximum atomic E-state index is 12.1. The molecule has 0 aromatic heterocycles. The minimum absolute atomic E-state index is 0.186. The van der Waals surface area contributed by atoms with Gasteiger partial charge < -0.3 is 5.32 Å². The molecule has 4 saturated carbocycles. The Labute approximate surface area is 123 Å². The van der Waals surface area contributed by atoms with Gasteiger partial charge in [-0.2, -0.15) is 0 Å². The van der Waals surface area contributed by atoms with Crippen LogP contribution in [-0.2, 0) is 9.84 Å². The highest BCUT2D eigenvalue weighted by atomic mass is 32.2. The van der Waals surface area contributed by atoms with Crippen molar-refractivity contribution in [3.63, 3.8) is 0 Å². The Balaban J connectivity index is 1.83. The Morgan fingerprint density at radius 2 is 1.55 bits per heavy atom. The van der Waals surface area contributed by atoms with Crippen molar-refractivity contribution < 1.29 is 8.42 Å². The lowest BCUT2D eigenvalue weighted by Gasteiger charge is -2.59. The first-order chi connectivity index (χ1) is 9.46. The van der Waals surface area contributed by atoms with E-state index in [1.165, 1.54) is 38.5 Å². The molecular formula is C16H29NO2S. The fraction of sp³-hybridized carbons (Fsp3) is 1.00. The highest BCUT2D eigenvalue weighted by Gasteiger charge is 2.54. The molecule has 4 aliphatic rings. The molecule has 1 N–H and O–H groups in total. The molecule has 4 rings (SSSR count). The molecule has 0 saturated heterocycles. The maximum absolute atomic E-state index is 12.1. The highest BCUT2D eigenvalue weighted by Crippen LogP contribution is 2.61. The summed E-state index contributed by atoms with van der Waals surface area (Å²) in [4.78, 5) is 0. The monoisotopic (exact) mass is 299 g/mol. The number of sulfone groups is 1. The lowest BCUT2D eigenvalue weighted by atomic mass is 9.48. The zero-order chi connectivity index (χ0) is 14.4. The van der Waals surface area contributed by atoms with Crippen LogP contribution in [-0.4, -0.2) is 32.5 Å². The molecule has 116 valence electrons. The van der Waals surface area contributed by atoms with E-state index in [1.807, 2.05) is 0 Å². The summed E-state index contributed by atoms with van der Waals surface area (Å²) < 4.78 is 24.3. The molecule has 4 bridgehead atoms. The molecule has 1 unspecified atom stereocenters. The Bertz CT molecular complexity index is 422. The van der Waals surface area contributed by atoms with Crippen molar-refractivity contribution in [2.24, 2.45) is 23.2 Å². The van der Waals surface area contributed by atoms with E-state index in [0.717, 1.165) is 24.3 Å². The molecule has 3 nitrogen and oxygen atoms in total. The zero-order valence-electron chi connectivity index (χ0n) is 12.9. The average Bonchev–Trinajstić information content (AvgIpc) is 2.36. The molecule has 0 aliphatic heterocycles. The summed E-state index contributed by atoms with van der Waals surface area (Å²) in [5.74, 6) is 3.27. The van der Waals surface area contributed by atoms with E-state index in [1.54, 1.807) is 6.92 Å². The number of hydrogen-bond acceptors (Lipinski definition) is 3. The smallest absolute Gasteiger partial charge is 0.151 e. The van der Waals surface area contributed by atoms with Crippen LogP contribution in [0, 0.1) is 23.2 Å². The Morgan fingerprint density at radius 3 is 1.95 bits per heavy atom. The van der Waals surface area contributed by atoms with Gasteiger partial charge in [0.05, 0.1) is 5.75 Å². The quantitative estimate of drug-likeness (QED) is 0.820. The Kier molecular flexibility index (Phi) is 3.91. The summed E-state index contributed by atoms with van der Waals surface area (Å²) in [5.41, 5.74) is 0.285. The molecule has 0 aromatic carbocycles. The first kappa shape index (κ1) is 14.8. The third-order valence-electron chi connectivity index (χ3n) is 6.14. The van der Waals surface area contributed by atoms with Crippen LogP contribution in [0.2, 0.25) is 0 Å². The lowest BCUT2D eigenvalue weighted by molar-refractivity contribution is -0.0694. The van der Waals surface area contributed by atoms with Crippen molar-refractivity contribution in [3.05, 3.63) is 0 Å². The molecule has 4 heteroatoms. The van der Waals surface area contributed by atoms with Gasteiger partial charge in [0.25, 0.3) is 0 Å². The van der Waals surface area contributed by atoms with Gasteiger partial charge in [0.15, 0.2) is 9.84 Å². The summed E-state index contributed by atoms with van der Waals surface area (Å²) in [6, 6.07) is 0.186. The Morgan fingerprint density at radius 1 is 1.05 bits per heavy atom. The fourth-order valence-corrected chi connectivity index (χ4v) is 6.89. The van der Waals surface area contributed by atoms with Gasteiger partial charge in [-0.3, -0.25) is 0 Å². The zero-order valence-corrected chi connectivity index (χ0v) is 13.7. The SMILES string of the molecule is CCNC(CS(=O)(=O)CC)C12CC3CC(CC(C3)C1)C2. The molecule has 20 heavy (non-hydrogen) atoms. The summed E-state index contributed by atoms with van der Waals surface area (Å²) >= 11 is 0. The predicted octanol–water partition coefficient (Wildman–Crippen LogP) is 2.62. The number of hydrogen-bond donors (Lipinski definition) is 1. The lowest BCUT2D eigenvalue weighted by Crippen LogP contribution is -2.58. The van der Waals surface area contributed by atoms with Crippen LogP contribution in [0.4, 0.5) is 0 Å². The van der Waals surface area contributed by atoms with Gasteiger partial charge in [-0.05, 0) is 68.2 Å². The first-order valence-electron chi connectivity index (χ1n) is 8.40. The van der Waals surface area contributed by atoms with Crippen LogP contribution in [0.1, 0.15) is 52.4 Å². The Hall–Kier alpha value is -0.0900. The predicted molar refractivity (Wildman–Crippen MR) is 82.4 cm³/mol. The fourth-order valence-electron chi connectivity index (χ4n) is 5.67. The third kappa shape index (κ3) is 2.66. The van der Waals surface area contributed by atoms with Crippen molar-refractivity contribution >= 4 is 9.84 Å². The van der Waals surface area contributed by atoms with Crippen LogP contribution < -0.4 is 5.32 Å². The van der Waals surface area contributed by atoms with Crippen molar-refractivity contribution in [3.8, 4) is 0 Å². The van der Waals surface area contributed by atoms with Crippen LogP contribution in [0.5, 0.6) is 0 Å². The minimum Gasteiger partial charge on any atom is -0.313 e. The summed E-state index contributed by atoms with van der Waals surface area (Å²) in [7, 11) is -2.90. The van der Waals surface area contributed by atoms with Gasteiger partial charge in [0.2, 0.25) is 0 Å². The molecule has 0 heterocycles. The summed E-state index contributed by atoms with van der Waals surface area (Å²) in [6.45, 7) is 4.76. The van der Waals surface area contributed by atoms with E-state index < -0.39 is 9.84 Å². The van der Waals surface area contributed by atoms with E-state index in [4.69, 9.17) is 0 Å². The van der Waals surface area contributed by atoms with E-state index in [9.17, 15) is 8.42 Å². The molecule has 0 amide bonds. The van der Waals surface area contributed by atoms with Crippen molar-refractivity contribution in [1.29, 1.82) is 0 Å². The molecule has 0 radical (unpaired) electrons.